The van der Waals surface area contributed by atoms with Crippen molar-refractivity contribution in [2.75, 3.05) is 6.61 Å². The quantitative estimate of drug-likeness (QED) is 0.476. The maximum atomic E-state index is 12.1. The van der Waals surface area contributed by atoms with Gasteiger partial charge in [0, 0.05) is 29.2 Å². The summed E-state index contributed by atoms with van der Waals surface area (Å²) in [5.41, 5.74) is 5.69. The van der Waals surface area contributed by atoms with Crippen molar-refractivity contribution in [2.24, 2.45) is 0 Å². The molecule has 132 valence electrons. The number of H-pyrrole nitrogens is 1. The number of nitro benzene ring substituents is 1. The minimum absolute atomic E-state index is 0.0761. The number of nitrogens with zero attached hydrogens (tertiary/aromatic N) is 1. The van der Waals surface area contributed by atoms with E-state index in [4.69, 9.17) is 4.74 Å². The molecule has 0 saturated carbocycles. The molecule has 0 unspecified atom stereocenters. The summed E-state index contributed by atoms with van der Waals surface area (Å²) >= 11 is 0. The third-order valence-electron chi connectivity index (χ3n) is 3.57. The highest BCUT2D eigenvalue weighted by atomic mass is 16.6. The molecule has 0 fully saturated rings. The van der Waals surface area contributed by atoms with E-state index < -0.39 is 16.7 Å². The van der Waals surface area contributed by atoms with E-state index >= 15 is 0 Å². The van der Waals surface area contributed by atoms with Gasteiger partial charge in [0.1, 0.15) is 5.75 Å². The number of benzene rings is 2. The molecule has 0 atom stereocenters. The second-order valence-corrected chi connectivity index (χ2v) is 5.29. The molecular formula is C17H14N4O5. The number of nitro groups is 1. The second-order valence-electron chi connectivity index (χ2n) is 5.29. The fraction of sp³-hybridized carbons (Fsp3) is 0.0588. The highest BCUT2D eigenvalue weighted by Crippen LogP contribution is 2.18. The Morgan fingerprint density at radius 1 is 1.08 bits per heavy atom. The van der Waals surface area contributed by atoms with Crippen molar-refractivity contribution < 1.29 is 19.2 Å². The number of non-ortho nitro benzene ring substituents is 1. The van der Waals surface area contributed by atoms with Crippen molar-refractivity contribution >= 4 is 28.4 Å². The largest absolute Gasteiger partial charge is 0.484 e. The van der Waals surface area contributed by atoms with Crippen LogP contribution in [0, 0.1) is 10.1 Å². The van der Waals surface area contributed by atoms with Gasteiger partial charge in [-0.15, -0.1) is 0 Å². The van der Waals surface area contributed by atoms with Gasteiger partial charge in [-0.25, -0.2) is 0 Å². The first kappa shape index (κ1) is 17.0. The van der Waals surface area contributed by atoms with Crippen molar-refractivity contribution in [1.29, 1.82) is 0 Å². The fourth-order valence-electron chi connectivity index (χ4n) is 2.30. The van der Waals surface area contributed by atoms with Gasteiger partial charge in [-0.2, -0.15) is 0 Å². The van der Waals surface area contributed by atoms with Crippen LogP contribution in [0.4, 0.5) is 5.69 Å². The average Bonchev–Trinajstić information content (AvgIpc) is 3.09. The van der Waals surface area contributed by atoms with Crippen LogP contribution >= 0.6 is 0 Å². The van der Waals surface area contributed by atoms with Gasteiger partial charge in [0.2, 0.25) is 0 Å². The van der Waals surface area contributed by atoms with E-state index in [0.29, 0.717) is 11.3 Å². The van der Waals surface area contributed by atoms with Crippen LogP contribution in [0.2, 0.25) is 0 Å². The molecule has 9 heteroatoms. The third-order valence-corrected chi connectivity index (χ3v) is 3.57. The first-order chi connectivity index (χ1) is 12.5. The van der Waals surface area contributed by atoms with E-state index in [0.717, 1.165) is 10.9 Å². The van der Waals surface area contributed by atoms with Crippen molar-refractivity contribution in [3.63, 3.8) is 0 Å². The molecule has 9 nitrogen and oxygen atoms in total. The lowest BCUT2D eigenvalue weighted by atomic mass is 10.2. The molecule has 26 heavy (non-hydrogen) atoms. The van der Waals surface area contributed by atoms with Crippen LogP contribution in [0.25, 0.3) is 10.9 Å². The van der Waals surface area contributed by atoms with E-state index in [1.54, 1.807) is 12.3 Å². The number of ether oxygens (including phenoxy) is 1. The molecule has 1 aromatic heterocycles. The van der Waals surface area contributed by atoms with Gasteiger partial charge >= 0.3 is 0 Å². The lowest BCUT2D eigenvalue weighted by molar-refractivity contribution is -0.384. The third kappa shape index (κ3) is 3.78. The molecule has 2 aromatic carbocycles. The number of para-hydroxylation sites is 1. The predicted octanol–water partition coefficient (Wildman–Crippen LogP) is 1.92. The van der Waals surface area contributed by atoms with Crippen molar-refractivity contribution in [2.45, 2.75) is 0 Å². The lowest BCUT2D eigenvalue weighted by Gasteiger charge is -2.08. The lowest BCUT2D eigenvalue weighted by Crippen LogP contribution is -2.43. The Labute approximate surface area is 147 Å². The van der Waals surface area contributed by atoms with Gasteiger partial charge < -0.3 is 9.72 Å². The maximum absolute atomic E-state index is 12.1. The van der Waals surface area contributed by atoms with Crippen LogP contribution in [0.15, 0.2) is 54.7 Å². The number of nitrogens with one attached hydrogen (secondary N) is 3. The molecule has 0 spiro atoms. The molecule has 1 heterocycles. The summed E-state index contributed by atoms with van der Waals surface area (Å²) in [6, 6.07) is 12.6. The zero-order chi connectivity index (χ0) is 18.5. The summed E-state index contributed by atoms with van der Waals surface area (Å²) in [5.74, 6) is -0.739. The molecular weight excluding hydrogens is 340 g/mol. The topological polar surface area (TPSA) is 126 Å². The van der Waals surface area contributed by atoms with E-state index in [9.17, 15) is 19.7 Å². The first-order valence-corrected chi connectivity index (χ1v) is 7.57. The number of hydrogen-bond acceptors (Lipinski definition) is 5. The van der Waals surface area contributed by atoms with Gasteiger partial charge in [0.05, 0.1) is 10.5 Å². The molecule has 0 saturated heterocycles. The molecule has 0 bridgehead atoms. The Bertz CT molecular complexity index is 965. The Hall–Kier alpha value is -3.88. The minimum Gasteiger partial charge on any atom is -0.484 e. The molecule has 2 amide bonds. The fourth-order valence-corrected chi connectivity index (χ4v) is 2.30. The Morgan fingerprint density at radius 3 is 2.54 bits per heavy atom. The summed E-state index contributed by atoms with van der Waals surface area (Å²) in [4.78, 5) is 36.9. The number of aromatic amines is 1. The van der Waals surface area contributed by atoms with Crippen LogP contribution < -0.4 is 15.6 Å². The number of fused-ring (bicyclic) bond motifs is 1. The van der Waals surface area contributed by atoms with Gasteiger partial charge in [0.25, 0.3) is 17.5 Å². The molecule has 0 aliphatic rings. The first-order valence-electron chi connectivity index (χ1n) is 7.57. The van der Waals surface area contributed by atoms with Crippen LogP contribution in [0.3, 0.4) is 0 Å². The number of carbonyl (C=O) groups excluding carboxylic acids is 2. The van der Waals surface area contributed by atoms with Crippen LogP contribution in [0.1, 0.15) is 10.4 Å². The Morgan fingerprint density at radius 2 is 1.81 bits per heavy atom. The number of aromatic nitrogens is 1. The van der Waals surface area contributed by atoms with Crippen LogP contribution in [-0.4, -0.2) is 28.3 Å². The van der Waals surface area contributed by atoms with Crippen molar-refractivity contribution in [1.82, 2.24) is 15.8 Å². The summed E-state index contributed by atoms with van der Waals surface area (Å²) in [5, 5.41) is 11.3. The molecule has 3 rings (SSSR count). The Kier molecular flexibility index (Phi) is 4.79. The number of rotatable bonds is 5. The number of amides is 2. The smallest absolute Gasteiger partial charge is 0.276 e. The summed E-state index contributed by atoms with van der Waals surface area (Å²) < 4.78 is 5.20. The molecule has 0 aliphatic carbocycles. The Balaban J connectivity index is 1.50. The molecule has 3 aromatic rings. The van der Waals surface area contributed by atoms with Crippen LogP contribution in [-0.2, 0) is 4.79 Å². The van der Waals surface area contributed by atoms with Crippen molar-refractivity contribution in [3.8, 4) is 5.75 Å². The van der Waals surface area contributed by atoms with Gasteiger partial charge in [0.15, 0.2) is 6.61 Å². The van der Waals surface area contributed by atoms with Crippen LogP contribution in [0.5, 0.6) is 5.75 Å². The monoisotopic (exact) mass is 354 g/mol. The predicted molar refractivity (Wildman–Crippen MR) is 92.5 cm³/mol. The minimum atomic E-state index is -0.573. The van der Waals surface area contributed by atoms with E-state index in [-0.39, 0.29) is 12.3 Å². The highest BCUT2D eigenvalue weighted by Gasteiger charge is 2.13. The number of hydrazine groups is 1. The SMILES string of the molecule is O=C(COc1ccc([N+](=O)[O-])cc1)NNC(=O)c1c[nH]c2ccccc12. The maximum Gasteiger partial charge on any atom is 0.276 e. The number of carbonyl (C=O) groups is 2. The number of hydrogen-bond donors (Lipinski definition) is 3. The van der Waals surface area contributed by atoms with Gasteiger partial charge in [-0.3, -0.25) is 30.6 Å². The summed E-state index contributed by atoms with van der Waals surface area (Å²) in [7, 11) is 0. The second kappa shape index (κ2) is 7.34. The normalized spacial score (nSPS) is 10.3. The van der Waals surface area contributed by atoms with E-state index in [2.05, 4.69) is 15.8 Å². The van der Waals surface area contributed by atoms with E-state index in [1.807, 2.05) is 18.2 Å². The molecule has 0 radical (unpaired) electrons. The highest BCUT2D eigenvalue weighted by molar-refractivity contribution is 6.07. The zero-order valence-electron chi connectivity index (χ0n) is 13.4. The summed E-state index contributed by atoms with van der Waals surface area (Å²) in [6.07, 6.45) is 1.56. The summed E-state index contributed by atoms with van der Waals surface area (Å²) in [6.45, 7) is -0.355. The van der Waals surface area contributed by atoms with E-state index in [1.165, 1.54) is 24.3 Å². The molecule has 0 aliphatic heterocycles. The van der Waals surface area contributed by atoms with Crippen molar-refractivity contribution in [3.05, 3.63) is 70.4 Å². The van der Waals surface area contributed by atoms with Gasteiger partial charge in [-0.1, -0.05) is 18.2 Å². The average molecular weight is 354 g/mol. The molecule has 3 N–H and O–H groups in total. The standard InChI is InChI=1S/C17H14N4O5/c22-16(10-26-12-7-5-11(6-8-12)21(24)25)19-20-17(23)14-9-18-15-4-2-1-3-13(14)15/h1-9,18H,10H2,(H,19,22)(H,20,23). The zero-order valence-corrected chi connectivity index (χ0v) is 13.4. The van der Waals surface area contributed by atoms with Gasteiger partial charge in [-0.05, 0) is 18.2 Å².